The minimum atomic E-state index is -0.988. The van der Waals surface area contributed by atoms with E-state index >= 15 is 0 Å². The zero-order valence-electron chi connectivity index (χ0n) is 12.2. The predicted octanol–water partition coefficient (Wildman–Crippen LogP) is 2.57. The molecule has 0 aromatic heterocycles. The second-order valence-corrected chi connectivity index (χ2v) is 5.97. The van der Waals surface area contributed by atoms with Crippen LogP contribution in [0.15, 0.2) is 24.3 Å². The SMILES string of the molecule is CC(N(C)C(=O)Cc1ccccc1C(=O)O)C1(C)CC1. The lowest BCUT2D eigenvalue weighted by Gasteiger charge is -2.30. The van der Waals surface area contributed by atoms with Crippen molar-refractivity contribution in [3.05, 3.63) is 35.4 Å². The summed E-state index contributed by atoms with van der Waals surface area (Å²) in [4.78, 5) is 25.2. The maximum Gasteiger partial charge on any atom is 0.335 e. The molecule has 0 bridgehead atoms. The first-order valence-corrected chi connectivity index (χ1v) is 6.92. The number of carboxylic acid groups (broad SMARTS) is 1. The molecule has 1 amide bonds. The molecule has 0 spiro atoms. The number of likely N-dealkylation sites (N-methyl/N-ethyl adjacent to an activating group) is 1. The smallest absolute Gasteiger partial charge is 0.335 e. The van der Waals surface area contributed by atoms with Crippen LogP contribution in [-0.4, -0.2) is 35.0 Å². The highest BCUT2D eigenvalue weighted by Gasteiger charge is 2.45. The predicted molar refractivity (Wildman–Crippen MR) is 76.7 cm³/mol. The highest BCUT2D eigenvalue weighted by Crippen LogP contribution is 2.49. The van der Waals surface area contributed by atoms with Gasteiger partial charge in [-0.15, -0.1) is 0 Å². The Balaban J connectivity index is 2.10. The molecule has 1 fully saturated rings. The molecule has 0 heterocycles. The molecule has 1 N–H and O–H groups in total. The molecule has 1 saturated carbocycles. The van der Waals surface area contributed by atoms with Gasteiger partial charge in [-0.3, -0.25) is 4.79 Å². The van der Waals surface area contributed by atoms with Gasteiger partial charge in [-0.2, -0.15) is 0 Å². The Morgan fingerprint density at radius 1 is 1.35 bits per heavy atom. The summed E-state index contributed by atoms with van der Waals surface area (Å²) in [5, 5.41) is 9.14. The molecule has 108 valence electrons. The lowest BCUT2D eigenvalue weighted by molar-refractivity contribution is -0.132. The fourth-order valence-electron chi connectivity index (χ4n) is 2.47. The third-order valence-corrected chi connectivity index (χ3v) is 4.61. The molecule has 4 nitrogen and oxygen atoms in total. The second-order valence-electron chi connectivity index (χ2n) is 5.97. The van der Waals surface area contributed by atoms with Crippen molar-refractivity contribution in [1.29, 1.82) is 0 Å². The fourth-order valence-corrected chi connectivity index (χ4v) is 2.47. The normalized spacial score (nSPS) is 17.4. The zero-order chi connectivity index (χ0) is 14.9. The van der Waals surface area contributed by atoms with E-state index in [9.17, 15) is 9.59 Å². The van der Waals surface area contributed by atoms with Gasteiger partial charge in [-0.1, -0.05) is 25.1 Å². The van der Waals surface area contributed by atoms with E-state index in [-0.39, 0.29) is 29.3 Å². The highest BCUT2D eigenvalue weighted by molar-refractivity contribution is 5.91. The van der Waals surface area contributed by atoms with E-state index in [4.69, 9.17) is 5.11 Å². The van der Waals surface area contributed by atoms with Gasteiger partial charge in [0.1, 0.15) is 0 Å². The molecule has 0 aliphatic heterocycles. The molecular weight excluding hydrogens is 254 g/mol. The van der Waals surface area contributed by atoms with E-state index in [2.05, 4.69) is 13.8 Å². The number of aromatic carboxylic acids is 1. The molecule has 1 aromatic carbocycles. The van der Waals surface area contributed by atoms with Crippen molar-refractivity contribution in [3.8, 4) is 0 Å². The van der Waals surface area contributed by atoms with E-state index in [0.717, 1.165) is 12.8 Å². The Morgan fingerprint density at radius 2 is 1.95 bits per heavy atom. The summed E-state index contributed by atoms with van der Waals surface area (Å²) in [6, 6.07) is 6.87. The topological polar surface area (TPSA) is 57.6 Å². The molecule has 1 aliphatic rings. The van der Waals surface area contributed by atoms with Gasteiger partial charge >= 0.3 is 5.97 Å². The second kappa shape index (κ2) is 5.27. The minimum absolute atomic E-state index is 0.0284. The van der Waals surface area contributed by atoms with Crippen molar-refractivity contribution in [2.75, 3.05) is 7.05 Å². The van der Waals surface area contributed by atoms with Crippen LogP contribution in [0, 0.1) is 5.41 Å². The van der Waals surface area contributed by atoms with Crippen LogP contribution in [0.4, 0.5) is 0 Å². The van der Waals surface area contributed by atoms with Gasteiger partial charge in [0, 0.05) is 13.1 Å². The molecule has 1 aliphatic carbocycles. The van der Waals surface area contributed by atoms with Crippen LogP contribution in [-0.2, 0) is 11.2 Å². The molecule has 2 rings (SSSR count). The van der Waals surface area contributed by atoms with Gasteiger partial charge in [0.25, 0.3) is 0 Å². The Labute approximate surface area is 119 Å². The van der Waals surface area contributed by atoms with Crippen molar-refractivity contribution in [2.24, 2.45) is 5.41 Å². The Kier molecular flexibility index (Phi) is 3.84. The standard InChI is InChI=1S/C16H21NO3/c1-11(16(2)8-9-16)17(3)14(18)10-12-6-4-5-7-13(12)15(19)20/h4-7,11H,8-10H2,1-3H3,(H,19,20). The van der Waals surface area contributed by atoms with Crippen molar-refractivity contribution < 1.29 is 14.7 Å². The van der Waals surface area contributed by atoms with E-state index in [1.165, 1.54) is 6.07 Å². The highest BCUT2D eigenvalue weighted by atomic mass is 16.4. The molecular formula is C16H21NO3. The maximum absolute atomic E-state index is 12.3. The van der Waals surface area contributed by atoms with Gasteiger partial charge < -0.3 is 10.0 Å². The summed E-state index contributed by atoms with van der Waals surface area (Å²) in [5.74, 6) is -1.02. The summed E-state index contributed by atoms with van der Waals surface area (Å²) in [5.41, 5.74) is 1.01. The number of carboxylic acids is 1. The van der Waals surface area contributed by atoms with Gasteiger partial charge in [0.05, 0.1) is 12.0 Å². The van der Waals surface area contributed by atoms with Gasteiger partial charge in [0.15, 0.2) is 0 Å². The Morgan fingerprint density at radius 3 is 2.50 bits per heavy atom. The number of amides is 1. The molecule has 4 heteroatoms. The minimum Gasteiger partial charge on any atom is -0.478 e. The van der Waals surface area contributed by atoms with Crippen molar-refractivity contribution in [2.45, 2.75) is 39.2 Å². The first-order chi connectivity index (χ1) is 9.35. The number of rotatable bonds is 5. The molecule has 0 saturated heterocycles. The molecule has 1 aromatic rings. The summed E-state index contributed by atoms with van der Waals surface area (Å²) >= 11 is 0. The number of benzene rings is 1. The van der Waals surface area contributed by atoms with E-state index in [1.807, 2.05) is 0 Å². The van der Waals surface area contributed by atoms with E-state index in [1.54, 1.807) is 30.1 Å². The van der Waals surface area contributed by atoms with Crippen molar-refractivity contribution in [1.82, 2.24) is 4.90 Å². The van der Waals surface area contributed by atoms with E-state index in [0.29, 0.717) is 5.56 Å². The number of nitrogens with zero attached hydrogens (tertiary/aromatic N) is 1. The molecule has 0 radical (unpaired) electrons. The zero-order valence-corrected chi connectivity index (χ0v) is 12.2. The van der Waals surface area contributed by atoms with Crippen LogP contribution >= 0.6 is 0 Å². The summed E-state index contributed by atoms with van der Waals surface area (Å²) in [7, 11) is 1.81. The van der Waals surface area contributed by atoms with Crippen LogP contribution in [0.3, 0.4) is 0 Å². The number of hydrogen-bond acceptors (Lipinski definition) is 2. The third kappa shape index (κ3) is 2.84. The van der Waals surface area contributed by atoms with Crippen LogP contribution in [0.5, 0.6) is 0 Å². The Bertz CT molecular complexity index is 534. The van der Waals surface area contributed by atoms with Gasteiger partial charge in [-0.25, -0.2) is 4.79 Å². The van der Waals surface area contributed by atoms with Crippen molar-refractivity contribution >= 4 is 11.9 Å². The van der Waals surface area contributed by atoms with Gasteiger partial charge in [0.2, 0.25) is 5.91 Å². The maximum atomic E-state index is 12.3. The monoisotopic (exact) mass is 275 g/mol. The van der Waals surface area contributed by atoms with E-state index < -0.39 is 5.97 Å². The largest absolute Gasteiger partial charge is 0.478 e. The summed E-state index contributed by atoms with van der Waals surface area (Å²) in [6.45, 7) is 4.25. The number of carbonyl (C=O) groups excluding carboxylic acids is 1. The average Bonchev–Trinajstić information content (AvgIpc) is 3.16. The molecule has 20 heavy (non-hydrogen) atoms. The van der Waals surface area contributed by atoms with Gasteiger partial charge in [-0.05, 0) is 36.8 Å². The summed E-state index contributed by atoms with van der Waals surface area (Å²) in [6.07, 6.45) is 2.44. The molecule has 1 unspecified atom stereocenters. The number of hydrogen-bond donors (Lipinski definition) is 1. The third-order valence-electron chi connectivity index (χ3n) is 4.61. The number of carbonyl (C=O) groups is 2. The summed E-state index contributed by atoms with van der Waals surface area (Å²) < 4.78 is 0. The lowest BCUT2D eigenvalue weighted by atomic mass is 9.98. The van der Waals surface area contributed by atoms with Crippen LogP contribution in [0.1, 0.15) is 42.6 Å². The quantitative estimate of drug-likeness (QED) is 0.898. The van der Waals surface area contributed by atoms with Crippen LogP contribution < -0.4 is 0 Å². The lowest BCUT2D eigenvalue weighted by Crippen LogP contribution is -2.40. The van der Waals surface area contributed by atoms with Crippen LogP contribution in [0.2, 0.25) is 0 Å². The van der Waals surface area contributed by atoms with Crippen molar-refractivity contribution in [3.63, 3.8) is 0 Å². The first kappa shape index (κ1) is 14.6. The average molecular weight is 275 g/mol. The fraction of sp³-hybridized carbons (Fsp3) is 0.500. The first-order valence-electron chi connectivity index (χ1n) is 6.92. The Hall–Kier alpha value is -1.84. The van der Waals surface area contributed by atoms with Crippen LogP contribution in [0.25, 0.3) is 0 Å². The molecule has 1 atom stereocenters.